The number of ether oxygens (including phenoxy) is 1. The standard InChI is InChI=1S/C22H30N4O/c1-16-8-10-18(11-9-16)21-19(7-5-13-27-21)14-25-22(23-3)26-15-20-17(2)6-4-12-24-20/h4,6,8-12,19,21H,5,7,13-15H2,1-3H3,(H2,23,25,26). The third-order valence-electron chi connectivity index (χ3n) is 5.15. The summed E-state index contributed by atoms with van der Waals surface area (Å²) in [5.74, 6) is 1.23. The summed E-state index contributed by atoms with van der Waals surface area (Å²) < 4.78 is 6.12. The summed E-state index contributed by atoms with van der Waals surface area (Å²) >= 11 is 0. The normalized spacial score (nSPS) is 20.3. The summed E-state index contributed by atoms with van der Waals surface area (Å²) in [6.45, 7) is 6.52. The summed E-state index contributed by atoms with van der Waals surface area (Å²) in [6.07, 6.45) is 4.23. The molecule has 2 unspecified atom stereocenters. The molecule has 0 spiro atoms. The second-order valence-electron chi connectivity index (χ2n) is 7.18. The lowest BCUT2D eigenvalue weighted by atomic mass is 9.89. The van der Waals surface area contributed by atoms with Crippen LogP contribution < -0.4 is 10.6 Å². The number of aryl methyl sites for hydroxylation is 2. The van der Waals surface area contributed by atoms with Crippen molar-refractivity contribution in [3.63, 3.8) is 0 Å². The Hall–Kier alpha value is -2.40. The zero-order chi connectivity index (χ0) is 19.1. The molecule has 0 aliphatic carbocycles. The van der Waals surface area contributed by atoms with Gasteiger partial charge in [-0.05, 0) is 43.9 Å². The predicted octanol–water partition coefficient (Wildman–Crippen LogP) is 3.53. The van der Waals surface area contributed by atoms with E-state index in [2.05, 4.69) is 64.8 Å². The molecule has 3 rings (SSSR count). The van der Waals surface area contributed by atoms with Crippen LogP contribution in [0.4, 0.5) is 0 Å². The second kappa shape index (κ2) is 9.51. The van der Waals surface area contributed by atoms with E-state index in [9.17, 15) is 0 Å². The van der Waals surface area contributed by atoms with Crippen LogP contribution >= 0.6 is 0 Å². The molecule has 1 aliphatic heterocycles. The van der Waals surface area contributed by atoms with Gasteiger partial charge in [0.2, 0.25) is 0 Å². The van der Waals surface area contributed by atoms with Crippen molar-refractivity contribution in [2.45, 2.75) is 39.3 Å². The van der Waals surface area contributed by atoms with Gasteiger partial charge in [0.05, 0.1) is 18.3 Å². The molecule has 1 aromatic carbocycles. The quantitative estimate of drug-likeness (QED) is 0.628. The van der Waals surface area contributed by atoms with Crippen LogP contribution in [0.25, 0.3) is 0 Å². The number of hydrogen-bond acceptors (Lipinski definition) is 3. The van der Waals surface area contributed by atoms with Gasteiger partial charge < -0.3 is 15.4 Å². The zero-order valence-corrected chi connectivity index (χ0v) is 16.5. The minimum atomic E-state index is 0.142. The molecule has 0 bridgehead atoms. The molecule has 2 heterocycles. The first kappa shape index (κ1) is 19.4. The molecule has 0 saturated carbocycles. The van der Waals surface area contributed by atoms with Crippen LogP contribution in [0.15, 0.2) is 47.6 Å². The Morgan fingerprint density at radius 2 is 2.00 bits per heavy atom. The lowest BCUT2D eigenvalue weighted by molar-refractivity contribution is -0.0265. The Kier molecular flexibility index (Phi) is 6.82. The minimum Gasteiger partial charge on any atom is -0.373 e. The lowest BCUT2D eigenvalue weighted by Crippen LogP contribution is -2.41. The highest BCUT2D eigenvalue weighted by Gasteiger charge is 2.27. The summed E-state index contributed by atoms with van der Waals surface area (Å²) in [5.41, 5.74) is 4.76. The van der Waals surface area contributed by atoms with Gasteiger partial charge in [0, 0.05) is 32.3 Å². The highest BCUT2D eigenvalue weighted by atomic mass is 16.5. The molecule has 1 aliphatic rings. The Morgan fingerprint density at radius 3 is 2.74 bits per heavy atom. The number of aromatic nitrogens is 1. The fourth-order valence-corrected chi connectivity index (χ4v) is 3.50. The summed E-state index contributed by atoms with van der Waals surface area (Å²) in [5, 5.41) is 6.83. The molecular formula is C22H30N4O. The van der Waals surface area contributed by atoms with Crippen LogP contribution in [-0.4, -0.2) is 31.1 Å². The minimum absolute atomic E-state index is 0.142. The lowest BCUT2D eigenvalue weighted by Gasteiger charge is -2.32. The molecule has 1 fully saturated rings. The van der Waals surface area contributed by atoms with Crippen LogP contribution in [0.2, 0.25) is 0 Å². The number of hydrogen-bond donors (Lipinski definition) is 2. The Bertz CT molecular complexity index is 757. The number of aliphatic imine (C=N–C) groups is 1. The van der Waals surface area contributed by atoms with E-state index in [4.69, 9.17) is 4.74 Å². The van der Waals surface area contributed by atoms with E-state index in [1.165, 1.54) is 16.7 Å². The van der Waals surface area contributed by atoms with E-state index in [1.54, 1.807) is 7.05 Å². The Labute approximate surface area is 162 Å². The average Bonchev–Trinajstić information content (AvgIpc) is 2.70. The highest BCUT2D eigenvalue weighted by molar-refractivity contribution is 5.79. The molecule has 2 aromatic rings. The molecule has 5 nitrogen and oxygen atoms in total. The number of guanidine groups is 1. The first-order chi connectivity index (χ1) is 13.2. The van der Waals surface area contributed by atoms with Crippen molar-refractivity contribution in [1.82, 2.24) is 15.6 Å². The van der Waals surface area contributed by atoms with Gasteiger partial charge in [0.15, 0.2) is 5.96 Å². The van der Waals surface area contributed by atoms with E-state index in [1.807, 2.05) is 12.3 Å². The predicted molar refractivity (Wildman–Crippen MR) is 110 cm³/mol. The maximum absolute atomic E-state index is 6.12. The van der Waals surface area contributed by atoms with Crippen molar-refractivity contribution in [2.75, 3.05) is 20.2 Å². The summed E-state index contributed by atoms with van der Waals surface area (Å²) in [4.78, 5) is 8.78. The molecule has 0 radical (unpaired) electrons. The molecule has 144 valence electrons. The molecule has 5 heteroatoms. The van der Waals surface area contributed by atoms with Crippen LogP contribution in [0.1, 0.15) is 41.3 Å². The van der Waals surface area contributed by atoms with Crippen molar-refractivity contribution in [2.24, 2.45) is 10.9 Å². The topological polar surface area (TPSA) is 58.5 Å². The first-order valence-corrected chi connectivity index (χ1v) is 9.70. The number of rotatable bonds is 5. The van der Waals surface area contributed by atoms with E-state index >= 15 is 0 Å². The summed E-state index contributed by atoms with van der Waals surface area (Å²) in [6, 6.07) is 12.7. The second-order valence-corrected chi connectivity index (χ2v) is 7.18. The molecule has 27 heavy (non-hydrogen) atoms. The number of nitrogens with one attached hydrogen (secondary N) is 2. The van der Waals surface area contributed by atoms with Gasteiger partial charge in [-0.2, -0.15) is 0 Å². The van der Waals surface area contributed by atoms with Gasteiger partial charge in [0.25, 0.3) is 0 Å². The smallest absolute Gasteiger partial charge is 0.191 e. The molecule has 1 aromatic heterocycles. The fourth-order valence-electron chi connectivity index (χ4n) is 3.50. The van der Waals surface area contributed by atoms with Gasteiger partial charge in [-0.25, -0.2) is 0 Å². The van der Waals surface area contributed by atoms with Crippen molar-refractivity contribution in [3.8, 4) is 0 Å². The van der Waals surface area contributed by atoms with Crippen LogP contribution in [0.5, 0.6) is 0 Å². The van der Waals surface area contributed by atoms with Crippen LogP contribution in [0, 0.1) is 19.8 Å². The van der Waals surface area contributed by atoms with Gasteiger partial charge in [-0.3, -0.25) is 9.98 Å². The largest absolute Gasteiger partial charge is 0.373 e. The van der Waals surface area contributed by atoms with E-state index in [0.29, 0.717) is 12.5 Å². The van der Waals surface area contributed by atoms with Gasteiger partial charge >= 0.3 is 0 Å². The van der Waals surface area contributed by atoms with Gasteiger partial charge in [0.1, 0.15) is 0 Å². The van der Waals surface area contributed by atoms with Gasteiger partial charge in [-0.1, -0.05) is 35.9 Å². The molecule has 0 amide bonds. The van der Waals surface area contributed by atoms with Crippen molar-refractivity contribution < 1.29 is 4.74 Å². The van der Waals surface area contributed by atoms with E-state index in [0.717, 1.165) is 37.6 Å². The zero-order valence-electron chi connectivity index (χ0n) is 16.5. The Balaban J connectivity index is 1.57. The van der Waals surface area contributed by atoms with Crippen LogP contribution in [0.3, 0.4) is 0 Å². The van der Waals surface area contributed by atoms with E-state index < -0.39 is 0 Å². The third kappa shape index (κ3) is 5.30. The third-order valence-corrected chi connectivity index (χ3v) is 5.15. The average molecular weight is 367 g/mol. The number of nitrogens with zero attached hydrogens (tertiary/aromatic N) is 2. The Morgan fingerprint density at radius 1 is 1.19 bits per heavy atom. The molecule has 1 saturated heterocycles. The van der Waals surface area contributed by atoms with Crippen LogP contribution in [-0.2, 0) is 11.3 Å². The molecule has 2 N–H and O–H groups in total. The fraction of sp³-hybridized carbons (Fsp3) is 0.455. The monoisotopic (exact) mass is 366 g/mol. The molecule has 2 atom stereocenters. The van der Waals surface area contributed by atoms with Crippen molar-refractivity contribution in [3.05, 3.63) is 65.0 Å². The summed E-state index contributed by atoms with van der Waals surface area (Å²) in [7, 11) is 1.80. The molecular weight excluding hydrogens is 336 g/mol. The van der Waals surface area contributed by atoms with E-state index in [-0.39, 0.29) is 6.10 Å². The first-order valence-electron chi connectivity index (χ1n) is 9.70. The number of benzene rings is 1. The maximum atomic E-state index is 6.12. The maximum Gasteiger partial charge on any atom is 0.191 e. The SMILES string of the molecule is CN=C(NCc1ncccc1C)NCC1CCCOC1c1ccc(C)cc1. The van der Waals surface area contributed by atoms with Crippen molar-refractivity contribution >= 4 is 5.96 Å². The highest BCUT2D eigenvalue weighted by Crippen LogP contribution is 2.33. The van der Waals surface area contributed by atoms with Crippen molar-refractivity contribution in [1.29, 1.82) is 0 Å². The number of pyridine rings is 1. The van der Waals surface area contributed by atoms with Gasteiger partial charge in [-0.15, -0.1) is 0 Å².